The third kappa shape index (κ3) is 0.925. The molecule has 0 heterocycles. The molecule has 1 N–H and O–H groups in total. The van der Waals surface area contributed by atoms with Crippen LogP contribution in [0.3, 0.4) is 0 Å². The Bertz CT molecular complexity index is 353. The van der Waals surface area contributed by atoms with Crippen molar-refractivity contribution in [1.29, 1.82) is 0 Å². The van der Waals surface area contributed by atoms with Crippen molar-refractivity contribution in [1.82, 2.24) is 0 Å². The molecule has 0 aliphatic heterocycles. The number of carboxylic acids is 1. The fourth-order valence-corrected chi connectivity index (χ4v) is 1.46. The van der Waals surface area contributed by atoms with Crippen LogP contribution in [0.5, 0.6) is 0 Å². The zero-order chi connectivity index (χ0) is 8.55. The van der Waals surface area contributed by atoms with E-state index in [4.69, 9.17) is 5.11 Å². The van der Waals surface area contributed by atoms with Gasteiger partial charge in [0, 0.05) is 0 Å². The number of rotatable bonds is 1. The van der Waals surface area contributed by atoms with E-state index in [0.29, 0.717) is 0 Å². The standard InChI is InChI=1S/C10H8O2/c11-10(12)9-6-5-7-3-1-2-4-8(7)9/h1-6,9H,(H,11,12)/t9-/m0/s1. The molecule has 0 unspecified atom stereocenters. The predicted molar refractivity (Wildman–Crippen MR) is 45.9 cm³/mol. The summed E-state index contributed by atoms with van der Waals surface area (Å²) >= 11 is 0. The van der Waals surface area contributed by atoms with Gasteiger partial charge in [0.1, 0.15) is 5.92 Å². The van der Waals surface area contributed by atoms with Gasteiger partial charge in [0.2, 0.25) is 0 Å². The van der Waals surface area contributed by atoms with E-state index >= 15 is 0 Å². The number of fused-ring (bicyclic) bond motifs is 1. The van der Waals surface area contributed by atoms with Gasteiger partial charge in [0.15, 0.2) is 0 Å². The van der Waals surface area contributed by atoms with Crippen LogP contribution in [0.15, 0.2) is 30.3 Å². The average molecular weight is 160 g/mol. The highest BCUT2D eigenvalue weighted by molar-refractivity contribution is 5.84. The van der Waals surface area contributed by atoms with Gasteiger partial charge in [-0.05, 0) is 11.1 Å². The monoisotopic (exact) mass is 160 g/mol. The number of hydrogen-bond acceptors (Lipinski definition) is 1. The maximum absolute atomic E-state index is 10.7. The van der Waals surface area contributed by atoms with Gasteiger partial charge in [-0.25, -0.2) is 0 Å². The summed E-state index contributed by atoms with van der Waals surface area (Å²) < 4.78 is 0. The second-order valence-corrected chi connectivity index (χ2v) is 2.80. The lowest BCUT2D eigenvalue weighted by Crippen LogP contribution is -2.06. The van der Waals surface area contributed by atoms with Crippen LogP contribution >= 0.6 is 0 Å². The topological polar surface area (TPSA) is 37.3 Å². The van der Waals surface area contributed by atoms with E-state index in [9.17, 15) is 4.79 Å². The van der Waals surface area contributed by atoms with Gasteiger partial charge in [-0.2, -0.15) is 0 Å². The smallest absolute Gasteiger partial charge is 0.314 e. The first-order chi connectivity index (χ1) is 5.79. The highest BCUT2D eigenvalue weighted by Crippen LogP contribution is 2.29. The fraction of sp³-hybridized carbons (Fsp3) is 0.100. The number of carboxylic acid groups (broad SMARTS) is 1. The highest BCUT2D eigenvalue weighted by atomic mass is 16.4. The van der Waals surface area contributed by atoms with Gasteiger partial charge in [-0.15, -0.1) is 0 Å². The van der Waals surface area contributed by atoms with E-state index < -0.39 is 11.9 Å². The Kier molecular flexibility index (Phi) is 1.47. The quantitative estimate of drug-likeness (QED) is 0.681. The summed E-state index contributed by atoms with van der Waals surface area (Å²) in [5.41, 5.74) is 1.91. The van der Waals surface area contributed by atoms with Crippen LogP contribution in [0.2, 0.25) is 0 Å². The van der Waals surface area contributed by atoms with Crippen LogP contribution in [0, 0.1) is 0 Å². The molecule has 1 aliphatic carbocycles. The molecule has 0 spiro atoms. The van der Waals surface area contributed by atoms with E-state index in [2.05, 4.69) is 0 Å². The Hall–Kier alpha value is -1.57. The molecule has 0 saturated heterocycles. The van der Waals surface area contributed by atoms with Crippen molar-refractivity contribution in [2.24, 2.45) is 0 Å². The first-order valence-electron chi connectivity index (χ1n) is 3.79. The van der Waals surface area contributed by atoms with Gasteiger partial charge in [0.25, 0.3) is 0 Å². The molecule has 0 aromatic heterocycles. The fourth-order valence-electron chi connectivity index (χ4n) is 1.46. The first kappa shape index (κ1) is 7.10. The number of aliphatic carboxylic acids is 1. The van der Waals surface area contributed by atoms with Gasteiger partial charge >= 0.3 is 5.97 Å². The number of hydrogen-bond donors (Lipinski definition) is 1. The maximum atomic E-state index is 10.7. The maximum Gasteiger partial charge on any atom is 0.314 e. The first-order valence-corrected chi connectivity index (χ1v) is 3.79. The molecule has 2 rings (SSSR count). The number of benzene rings is 1. The molecule has 1 aliphatic rings. The molecule has 0 amide bonds. The zero-order valence-electron chi connectivity index (χ0n) is 6.40. The molecule has 2 heteroatoms. The Morgan fingerprint density at radius 3 is 2.83 bits per heavy atom. The minimum atomic E-state index is -0.781. The van der Waals surface area contributed by atoms with Crippen LogP contribution in [0.4, 0.5) is 0 Å². The average Bonchev–Trinajstić information content (AvgIpc) is 2.47. The third-order valence-corrected chi connectivity index (χ3v) is 2.07. The van der Waals surface area contributed by atoms with Gasteiger partial charge < -0.3 is 5.11 Å². The summed E-state index contributed by atoms with van der Waals surface area (Å²) in [4.78, 5) is 10.7. The molecule has 60 valence electrons. The van der Waals surface area contributed by atoms with Crippen molar-refractivity contribution < 1.29 is 9.90 Å². The molecule has 0 fully saturated rings. The second-order valence-electron chi connectivity index (χ2n) is 2.80. The highest BCUT2D eigenvalue weighted by Gasteiger charge is 2.22. The number of carbonyl (C=O) groups is 1. The van der Waals surface area contributed by atoms with Crippen LogP contribution in [-0.2, 0) is 4.79 Å². The SMILES string of the molecule is O=C(O)[C@H]1C=Cc2ccccc21. The van der Waals surface area contributed by atoms with Gasteiger partial charge in [0.05, 0.1) is 0 Å². The lowest BCUT2D eigenvalue weighted by molar-refractivity contribution is -0.137. The summed E-state index contributed by atoms with van der Waals surface area (Å²) in [7, 11) is 0. The Morgan fingerprint density at radius 2 is 2.08 bits per heavy atom. The molecular formula is C10H8O2. The van der Waals surface area contributed by atoms with Crippen molar-refractivity contribution in [3.05, 3.63) is 41.5 Å². The van der Waals surface area contributed by atoms with Gasteiger partial charge in [-0.3, -0.25) is 4.79 Å². The molecule has 0 bridgehead atoms. The van der Waals surface area contributed by atoms with Crippen LogP contribution in [0.1, 0.15) is 17.0 Å². The van der Waals surface area contributed by atoms with Crippen LogP contribution < -0.4 is 0 Å². The largest absolute Gasteiger partial charge is 0.481 e. The van der Waals surface area contributed by atoms with Gasteiger partial charge in [-0.1, -0.05) is 36.4 Å². The van der Waals surface area contributed by atoms with E-state index in [1.165, 1.54) is 0 Å². The molecular weight excluding hydrogens is 152 g/mol. The van der Waals surface area contributed by atoms with Crippen molar-refractivity contribution in [3.8, 4) is 0 Å². The summed E-state index contributed by atoms with van der Waals surface area (Å²) in [6.07, 6.45) is 3.57. The molecule has 0 saturated carbocycles. The van der Waals surface area contributed by atoms with E-state index in [-0.39, 0.29) is 0 Å². The van der Waals surface area contributed by atoms with E-state index in [1.807, 2.05) is 30.3 Å². The molecule has 12 heavy (non-hydrogen) atoms. The van der Waals surface area contributed by atoms with Crippen molar-refractivity contribution in [2.45, 2.75) is 5.92 Å². The van der Waals surface area contributed by atoms with Crippen molar-refractivity contribution >= 4 is 12.0 Å². The summed E-state index contributed by atoms with van der Waals surface area (Å²) in [6.45, 7) is 0. The minimum absolute atomic E-state index is 0.443. The predicted octanol–water partition coefficient (Wildman–Crippen LogP) is 1.88. The van der Waals surface area contributed by atoms with E-state index in [1.54, 1.807) is 6.08 Å². The van der Waals surface area contributed by atoms with Crippen molar-refractivity contribution in [3.63, 3.8) is 0 Å². The lowest BCUT2D eigenvalue weighted by Gasteiger charge is -2.03. The molecule has 0 radical (unpaired) electrons. The normalized spacial score (nSPS) is 19.2. The summed E-state index contributed by atoms with van der Waals surface area (Å²) in [5.74, 6) is -1.22. The molecule has 2 nitrogen and oxygen atoms in total. The Morgan fingerprint density at radius 1 is 1.33 bits per heavy atom. The zero-order valence-corrected chi connectivity index (χ0v) is 6.40. The van der Waals surface area contributed by atoms with Crippen LogP contribution in [-0.4, -0.2) is 11.1 Å². The van der Waals surface area contributed by atoms with E-state index in [0.717, 1.165) is 11.1 Å². The third-order valence-electron chi connectivity index (χ3n) is 2.07. The summed E-state index contributed by atoms with van der Waals surface area (Å²) in [6, 6.07) is 7.55. The van der Waals surface area contributed by atoms with Crippen molar-refractivity contribution in [2.75, 3.05) is 0 Å². The Balaban J connectivity index is 2.49. The second kappa shape index (κ2) is 2.48. The molecule has 1 atom stereocenters. The molecule has 1 aromatic rings. The van der Waals surface area contributed by atoms with Crippen LogP contribution in [0.25, 0.3) is 6.08 Å². The lowest BCUT2D eigenvalue weighted by atomic mass is 10.0. The summed E-state index contributed by atoms with van der Waals surface area (Å²) in [5, 5.41) is 8.81. The Labute approximate surface area is 70.2 Å². The minimum Gasteiger partial charge on any atom is -0.481 e. The molecule has 1 aromatic carbocycles.